The molecule has 0 amide bonds. The van der Waals surface area contributed by atoms with E-state index < -0.39 is 5.41 Å². The average molecular weight is 262 g/mol. The zero-order valence-electron chi connectivity index (χ0n) is 10.3. The number of phenolic OH excluding ortho intramolecular Hbond substituents is 1. The van der Waals surface area contributed by atoms with Gasteiger partial charge in [0.1, 0.15) is 11.5 Å². The topological polar surface area (TPSA) is 75.7 Å². The fourth-order valence-corrected chi connectivity index (χ4v) is 1.48. The minimum Gasteiger partial charge on any atom is -0.508 e. The van der Waals surface area contributed by atoms with Gasteiger partial charge in [0.2, 0.25) is 0 Å². The van der Waals surface area contributed by atoms with Gasteiger partial charge < -0.3 is 20.7 Å². The van der Waals surface area contributed by atoms with Crippen LogP contribution in [0.3, 0.4) is 0 Å². The molecule has 5 heteroatoms. The van der Waals surface area contributed by atoms with Crippen molar-refractivity contribution in [1.29, 1.82) is 0 Å². The number of ether oxygens (including phenoxy) is 1. The highest BCUT2D eigenvalue weighted by Crippen LogP contribution is 2.36. The van der Waals surface area contributed by atoms with Gasteiger partial charge in [-0.25, -0.2) is 0 Å². The van der Waals surface area contributed by atoms with E-state index in [-0.39, 0.29) is 30.8 Å². The second kappa shape index (κ2) is 6.10. The summed E-state index contributed by atoms with van der Waals surface area (Å²) in [6.07, 6.45) is 0. The van der Waals surface area contributed by atoms with Gasteiger partial charge in [0, 0.05) is 29.7 Å². The zero-order chi connectivity index (χ0) is 12.3. The van der Waals surface area contributed by atoms with Crippen molar-refractivity contribution in [2.24, 2.45) is 11.1 Å². The SMILES string of the molecule is COc1cc(O)ccc1[C@@H](N)C(C)(C)CO.Cl. The van der Waals surface area contributed by atoms with E-state index in [1.54, 1.807) is 12.1 Å². The Morgan fingerprint density at radius 2 is 2.00 bits per heavy atom. The van der Waals surface area contributed by atoms with Gasteiger partial charge in [-0.3, -0.25) is 0 Å². The maximum absolute atomic E-state index is 9.34. The van der Waals surface area contributed by atoms with E-state index in [9.17, 15) is 10.2 Å². The molecule has 4 N–H and O–H groups in total. The van der Waals surface area contributed by atoms with Crippen LogP contribution in [0.25, 0.3) is 0 Å². The Bertz CT molecular complexity index is 369. The van der Waals surface area contributed by atoms with Crippen LogP contribution in [-0.2, 0) is 0 Å². The first-order chi connectivity index (χ1) is 7.42. The lowest BCUT2D eigenvalue weighted by Crippen LogP contribution is -2.32. The van der Waals surface area contributed by atoms with Gasteiger partial charge in [-0.2, -0.15) is 0 Å². The second-order valence-corrected chi connectivity index (χ2v) is 4.55. The monoisotopic (exact) mass is 261 g/mol. The standard InChI is InChI=1S/C12H19NO3.ClH/c1-12(2,7-14)11(13)9-5-4-8(15)6-10(9)16-3;/h4-6,11,14-15H,7,13H2,1-3H3;1H/t11-;/m1./s1. The molecule has 0 unspecified atom stereocenters. The molecule has 98 valence electrons. The van der Waals surface area contributed by atoms with Crippen LogP contribution in [0.2, 0.25) is 0 Å². The molecule has 0 heterocycles. The maximum atomic E-state index is 9.34. The van der Waals surface area contributed by atoms with Crippen LogP contribution in [0.1, 0.15) is 25.5 Å². The van der Waals surface area contributed by atoms with Crippen molar-refractivity contribution < 1.29 is 14.9 Å². The average Bonchev–Trinajstić information content (AvgIpc) is 2.27. The molecule has 0 aliphatic rings. The minimum atomic E-state index is -0.440. The Labute approximate surface area is 108 Å². The van der Waals surface area contributed by atoms with Gasteiger partial charge in [0.05, 0.1) is 7.11 Å². The predicted octanol–water partition coefficient (Wildman–Crippen LogP) is 1.84. The van der Waals surface area contributed by atoms with E-state index in [4.69, 9.17) is 10.5 Å². The molecule has 1 aromatic carbocycles. The molecule has 4 nitrogen and oxygen atoms in total. The highest BCUT2D eigenvalue weighted by Gasteiger charge is 2.29. The van der Waals surface area contributed by atoms with Crippen molar-refractivity contribution >= 4 is 12.4 Å². The first kappa shape index (κ1) is 16.0. The molecule has 1 rings (SSSR count). The minimum absolute atomic E-state index is 0. The van der Waals surface area contributed by atoms with Gasteiger partial charge in [-0.05, 0) is 6.07 Å². The fourth-order valence-electron chi connectivity index (χ4n) is 1.48. The predicted molar refractivity (Wildman–Crippen MR) is 69.7 cm³/mol. The summed E-state index contributed by atoms with van der Waals surface area (Å²) >= 11 is 0. The molecule has 1 aromatic rings. The summed E-state index contributed by atoms with van der Waals surface area (Å²) < 4.78 is 5.17. The van der Waals surface area contributed by atoms with Crippen LogP contribution in [0.4, 0.5) is 0 Å². The number of aromatic hydroxyl groups is 1. The van der Waals surface area contributed by atoms with Crippen LogP contribution in [0, 0.1) is 5.41 Å². The van der Waals surface area contributed by atoms with E-state index in [1.807, 2.05) is 13.8 Å². The van der Waals surface area contributed by atoms with Crippen LogP contribution in [-0.4, -0.2) is 23.9 Å². The number of aliphatic hydroxyl groups excluding tert-OH is 1. The molecule has 0 saturated carbocycles. The highest BCUT2D eigenvalue weighted by atomic mass is 35.5. The molecule has 17 heavy (non-hydrogen) atoms. The Morgan fingerprint density at radius 3 is 2.47 bits per heavy atom. The first-order valence-electron chi connectivity index (χ1n) is 5.15. The van der Waals surface area contributed by atoms with Crippen molar-refractivity contribution in [3.05, 3.63) is 23.8 Å². The smallest absolute Gasteiger partial charge is 0.127 e. The van der Waals surface area contributed by atoms with Crippen LogP contribution in [0.15, 0.2) is 18.2 Å². The lowest BCUT2D eigenvalue weighted by atomic mass is 9.81. The van der Waals surface area contributed by atoms with Gasteiger partial charge in [-0.15, -0.1) is 12.4 Å². The van der Waals surface area contributed by atoms with Crippen LogP contribution in [0.5, 0.6) is 11.5 Å². The number of rotatable bonds is 4. The van der Waals surface area contributed by atoms with E-state index in [2.05, 4.69) is 0 Å². The Morgan fingerprint density at radius 1 is 1.41 bits per heavy atom. The molecule has 0 bridgehead atoms. The summed E-state index contributed by atoms with van der Waals surface area (Å²) in [5.41, 5.74) is 6.43. The van der Waals surface area contributed by atoms with Crippen molar-refractivity contribution in [3.63, 3.8) is 0 Å². The van der Waals surface area contributed by atoms with E-state index in [0.717, 1.165) is 5.56 Å². The van der Waals surface area contributed by atoms with Crippen molar-refractivity contribution in [1.82, 2.24) is 0 Å². The number of aliphatic hydroxyl groups is 1. The molecule has 0 radical (unpaired) electrons. The van der Waals surface area contributed by atoms with Crippen molar-refractivity contribution in [2.75, 3.05) is 13.7 Å². The number of halogens is 1. The molecule has 0 spiro atoms. The normalized spacial score (nSPS) is 12.8. The van der Waals surface area contributed by atoms with E-state index >= 15 is 0 Å². The molecule has 0 fully saturated rings. The third-order valence-corrected chi connectivity index (χ3v) is 2.80. The number of hydrogen-bond donors (Lipinski definition) is 3. The fraction of sp³-hybridized carbons (Fsp3) is 0.500. The van der Waals surface area contributed by atoms with Crippen LogP contribution < -0.4 is 10.5 Å². The van der Waals surface area contributed by atoms with E-state index in [1.165, 1.54) is 13.2 Å². The van der Waals surface area contributed by atoms with Gasteiger partial charge in [0.15, 0.2) is 0 Å². The maximum Gasteiger partial charge on any atom is 0.127 e. The summed E-state index contributed by atoms with van der Waals surface area (Å²) in [6.45, 7) is 3.74. The molecular formula is C12H20ClNO3. The summed E-state index contributed by atoms with van der Waals surface area (Å²) in [4.78, 5) is 0. The first-order valence-corrected chi connectivity index (χ1v) is 5.15. The summed E-state index contributed by atoms with van der Waals surface area (Å²) in [5, 5.41) is 18.6. The van der Waals surface area contributed by atoms with Gasteiger partial charge in [0.25, 0.3) is 0 Å². The molecule has 0 aliphatic heterocycles. The van der Waals surface area contributed by atoms with Crippen molar-refractivity contribution in [3.8, 4) is 11.5 Å². The molecule has 0 saturated heterocycles. The second-order valence-electron chi connectivity index (χ2n) is 4.55. The lowest BCUT2D eigenvalue weighted by Gasteiger charge is -2.30. The summed E-state index contributed by atoms with van der Waals surface area (Å²) in [6, 6.07) is 4.44. The largest absolute Gasteiger partial charge is 0.508 e. The number of phenols is 1. The third kappa shape index (κ3) is 3.49. The van der Waals surface area contributed by atoms with Crippen LogP contribution >= 0.6 is 12.4 Å². The van der Waals surface area contributed by atoms with Crippen molar-refractivity contribution in [2.45, 2.75) is 19.9 Å². The summed E-state index contributed by atoms with van der Waals surface area (Å²) in [5.74, 6) is 0.670. The van der Waals surface area contributed by atoms with Gasteiger partial charge in [-0.1, -0.05) is 19.9 Å². The number of nitrogens with two attached hydrogens (primary N) is 1. The number of benzene rings is 1. The molecule has 0 aromatic heterocycles. The zero-order valence-corrected chi connectivity index (χ0v) is 11.1. The lowest BCUT2D eigenvalue weighted by molar-refractivity contribution is 0.131. The molecule has 1 atom stereocenters. The Hall–Kier alpha value is -0.970. The van der Waals surface area contributed by atoms with Gasteiger partial charge >= 0.3 is 0 Å². The quantitative estimate of drug-likeness (QED) is 0.773. The third-order valence-electron chi connectivity index (χ3n) is 2.80. The van der Waals surface area contributed by atoms with E-state index in [0.29, 0.717) is 5.75 Å². The number of methoxy groups -OCH3 is 1. The molecule has 0 aliphatic carbocycles. The highest BCUT2D eigenvalue weighted by molar-refractivity contribution is 5.85. The molecular weight excluding hydrogens is 242 g/mol. The Balaban J connectivity index is 0.00000256. The summed E-state index contributed by atoms with van der Waals surface area (Å²) in [7, 11) is 1.52. The Kier molecular flexibility index (Phi) is 5.75. The number of hydrogen-bond acceptors (Lipinski definition) is 4.